The monoisotopic (exact) mass is 238 g/mol. The molecule has 0 aliphatic rings. The van der Waals surface area contributed by atoms with Crippen LogP contribution in [-0.2, 0) is 10.0 Å². The van der Waals surface area contributed by atoms with Crippen LogP contribution in [0.3, 0.4) is 0 Å². The predicted octanol–water partition coefficient (Wildman–Crippen LogP) is 0.518. The topological polar surface area (TPSA) is 95.4 Å². The molecule has 0 saturated heterocycles. The van der Waals surface area contributed by atoms with Crippen molar-refractivity contribution in [2.45, 2.75) is 11.5 Å². The normalized spacial score (nSPS) is 11.7. The van der Waals surface area contributed by atoms with Gasteiger partial charge in [-0.15, -0.1) is 0 Å². The van der Waals surface area contributed by atoms with Gasteiger partial charge < -0.3 is 10.5 Å². The smallest absolute Gasteiger partial charge is 0.387 e. The largest absolute Gasteiger partial charge is 0.433 e. The van der Waals surface area contributed by atoms with Gasteiger partial charge in [-0.2, -0.15) is 8.78 Å². The summed E-state index contributed by atoms with van der Waals surface area (Å²) in [5, 5.41) is 4.80. The van der Waals surface area contributed by atoms with Crippen LogP contribution >= 0.6 is 0 Å². The van der Waals surface area contributed by atoms with Crippen molar-refractivity contribution in [1.82, 2.24) is 0 Å². The third-order valence-electron chi connectivity index (χ3n) is 1.53. The SMILES string of the molecule is Nc1cc(S(N)(=O)=O)ccc1OC(F)F. The number of primary sulfonamides is 1. The lowest BCUT2D eigenvalue weighted by molar-refractivity contribution is -0.0493. The second-order valence-electron chi connectivity index (χ2n) is 2.62. The van der Waals surface area contributed by atoms with Gasteiger partial charge in [-0.3, -0.25) is 0 Å². The van der Waals surface area contributed by atoms with Gasteiger partial charge in [0.15, 0.2) is 0 Å². The van der Waals surface area contributed by atoms with E-state index < -0.39 is 16.6 Å². The van der Waals surface area contributed by atoms with E-state index in [-0.39, 0.29) is 16.3 Å². The number of nitrogens with two attached hydrogens (primary N) is 2. The van der Waals surface area contributed by atoms with Crippen LogP contribution in [0.15, 0.2) is 23.1 Å². The molecular formula is C7H8F2N2O3S. The molecule has 0 heterocycles. The lowest BCUT2D eigenvalue weighted by atomic mass is 10.3. The number of anilines is 1. The molecule has 4 N–H and O–H groups in total. The zero-order chi connectivity index (χ0) is 11.6. The molecule has 0 aromatic heterocycles. The molecule has 0 spiro atoms. The molecule has 1 aromatic carbocycles. The Balaban J connectivity index is 3.09. The fourth-order valence-corrected chi connectivity index (χ4v) is 1.46. The maximum atomic E-state index is 11.8. The summed E-state index contributed by atoms with van der Waals surface area (Å²) in [4.78, 5) is -0.262. The average Bonchev–Trinajstić information content (AvgIpc) is 2.05. The minimum absolute atomic E-state index is 0.221. The van der Waals surface area contributed by atoms with E-state index in [0.717, 1.165) is 18.2 Å². The predicted molar refractivity (Wildman–Crippen MR) is 48.9 cm³/mol. The number of rotatable bonds is 3. The maximum absolute atomic E-state index is 11.8. The quantitative estimate of drug-likeness (QED) is 0.750. The summed E-state index contributed by atoms with van der Waals surface area (Å²) in [6.45, 7) is -3.02. The van der Waals surface area contributed by atoms with Crippen molar-refractivity contribution in [3.05, 3.63) is 18.2 Å². The van der Waals surface area contributed by atoms with Crippen molar-refractivity contribution in [3.8, 4) is 5.75 Å². The molecule has 0 amide bonds. The number of hydrogen-bond acceptors (Lipinski definition) is 4. The minimum Gasteiger partial charge on any atom is -0.433 e. The van der Waals surface area contributed by atoms with Crippen LogP contribution < -0.4 is 15.6 Å². The second-order valence-corrected chi connectivity index (χ2v) is 4.18. The first-order valence-electron chi connectivity index (χ1n) is 3.68. The minimum atomic E-state index is -3.89. The first-order chi connectivity index (χ1) is 6.80. The van der Waals surface area contributed by atoms with Crippen LogP contribution in [0.25, 0.3) is 0 Å². The Morgan fingerprint density at radius 2 is 1.93 bits per heavy atom. The van der Waals surface area contributed by atoms with Crippen LogP contribution in [0.4, 0.5) is 14.5 Å². The number of nitrogen functional groups attached to an aromatic ring is 1. The van der Waals surface area contributed by atoms with Crippen LogP contribution in [0, 0.1) is 0 Å². The standard InChI is InChI=1S/C7H8F2N2O3S/c8-7(9)14-6-2-1-4(3-5(6)10)15(11,12)13/h1-3,7H,10H2,(H2,11,12,13). The molecule has 8 heteroatoms. The molecule has 0 aliphatic carbocycles. The molecule has 0 unspecified atom stereocenters. The number of hydrogen-bond donors (Lipinski definition) is 2. The molecular weight excluding hydrogens is 230 g/mol. The Kier molecular flexibility index (Phi) is 3.10. The molecule has 15 heavy (non-hydrogen) atoms. The number of halogens is 2. The van der Waals surface area contributed by atoms with Crippen molar-refractivity contribution in [3.63, 3.8) is 0 Å². The van der Waals surface area contributed by atoms with Gasteiger partial charge in [0.25, 0.3) is 0 Å². The highest BCUT2D eigenvalue weighted by atomic mass is 32.2. The van der Waals surface area contributed by atoms with Crippen molar-refractivity contribution >= 4 is 15.7 Å². The average molecular weight is 238 g/mol. The first kappa shape index (κ1) is 11.7. The Bertz CT molecular complexity index is 461. The molecule has 0 bridgehead atoms. The first-order valence-corrected chi connectivity index (χ1v) is 5.22. The van der Waals surface area contributed by atoms with Crippen LogP contribution in [0.5, 0.6) is 5.75 Å². The molecule has 0 aliphatic heterocycles. The van der Waals surface area contributed by atoms with E-state index in [4.69, 9.17) is 10.9 Å². The van der Waals surface area contributed by atoms with Crippen molar-refractivity contribution in [2.75, 3.05) is 5.73 Å². The molecule has 84 valence electrons. The summed E-state index contributed by atoms with van der Waals surface area (Å²) in [5.41, 5.74) is 5.07. The second kappa shape index (κ2) is 3.99. The highest BCUT2D eigenvalue weighted by molar-refractivity contribution is 7.89. The summed E-state index contributed by atoms with van der Waals surface area (Å²) >= 11 is 0. The van der Waals surface area contributed by atoms with E-state index >= 15 is 0 Å². The van der Waals surface area contributed by atoms with E-state index in [1.165, 1.54) is 0 Å². The van der Waals surface area contributed by atoms with Crippen LogP contribution in [0.1, 0.15) is 0 Å². The van der Waals surface area contributed by atoms with Crippen molar-refractivity contribution in [2.24, 2.45) is 5.14 Å². The van der Waals surface area contributed by atoms with Gasteiger partial charge >= 0.3 is 6.61 Å². The Hall–Kier alpha value is -1.41. The Morgan fingerprint density at radius 1 is 1.33 bits per heavy atom. The third kappa shape index (κ3) is 3.03. The highest BCUT2D eigenvalue weighted by Crippen LogP contribution is 2.25. The zero-order valence-corrected chi connectivity index (χ0v) is 8.17. The van der Waals surface area contributed by atoms with Crippen molar-refractivity contribution in [1.29, 1.82) is 0 Å². The number of ether oxygens (including phenoxy) is 1. The molecule has 0 fully saturated rings. The highest BCUT2D eigenvalue weighted by Gasteiger charge is 2.12. The molecule has 0 saturated carbocycles. The molecule has 0 radical (unpaired) electrons. The summed E-state index contributed by atoms with van der Waals surface area (Å²) in [6.07, 6.45) is 0. The van der Waals surface area contributed by atoms with E-state index in [1.807, 2.05) is 0 Å². The Labute approximate surface area is 84.7 Å². The summed E-state index contributed by atoms with van der Waals surface area (Å²) in [6, 6.07) is 3.00. The van der Waals surface area contributed by atoms with Crippen LogP contribution in [0.2, 0.25) is 0 Å². The lowest BCUT2D eigenvalue weighted by Crippen LogP contribution is -2.13. The fraction of sp³-hybridized carbons (Fsp3) is 0.143. The maximum Gasteiger partial charge on any atom is 0.387 e. The molecule has 5 nitrogen and oxygen atoms in total. The van der Waals surface area contributed by atoms with Gasteiger partial charge in [0, 0.05) is 0 Å². The van der Waals surface area contributed by atoms with Gasteiger partial charge in [-0.05, 0) is 18.2 Å². The lowest BCUT2D eigenvalue weighted by Gasteiger charge is -2.08. The summed E-state index contributed by atoms with van der Waals surface area (Å²) < 4.78 is 49.4. The van der Waals surface area contributed by atoms with Gasteiger partial charge in [0.2, 0.25) is 10.0 Å². The molecule has 1 rings (SSSR count). The third-order valence-corrected chi connectivity index (χ3v) is 2.44. The molecule has 1 aromatic rings. The number of benzene rings is 1. The van der Waals surface area contributed by atoms with Gasteiger partial charge in [0.05, 0.1) is 10.6 Å². The van der Waals surface area contributed by atoms with E-state index in [0.29, 0.717) is 0 Å². The van der Waals surface area contributed by atoms with E-state index in [1.54, 1.807) is 0 Å². The summed E-state index contributed by atoms with van der Waals surface area (Å²) in [5.74, 6) is -0.294. The fourth-order valence-electron chi connectivity index (χ4n) is 0.907. The van der Waals surface area contributed by atoms with E-state index in [9.17, 15) is 17.2 Å². The van der Waals surface area contributed by atoms with Gasteiger partial charge in [-0.25, -0.2) is 13.6 Å². The number of sulfonamides is 1. The Morgan fingerprint density at radius 3 is 2.33 bits per heavy atom. The van der Waals surface area contributed by atoms with Gasteiger partial charge in [-0.1, -0.05) is 0 Å². The summed E-state index contributed by atoms with van der Waals surface area (Å²) in [7, 11) is -3.89. The van der Waals surface area contributed by atoms with Gasteiger partial charge in [0.1, 0.15) is 5.75 Å². The van der Waals surface area contributed by atoms with E-state index in [2.05, 4.69) is 4.74 Å². The molecule has 0 atom stereocenters. The number of alkyl halides is 2. The van der Waals surface area contributed by atoms with Crippen LogP contribution in [-0.4, -0.2) is 15.0 Å². The van der Waals surface area contributed by atoms with Crippen molar-refractivity contribution < 1.29 is 21.9 Å². The zero-order valence-electron chi connectivity index (χ0n) is 7.35.